The van der Waals surface area contributed by atoms with Gasteiger partial charge in [-0.2, -0.15) is 0 Å². The molecule has 2 rings (SSSR count). The van der Waals surface area contributed by atoms with Gasteiger partial charge in [0.1, 0.15) is 0 Å². The van der Waals surface area contributed by atoms with Crippen LogP contribution in [-0.4, -0.2) is 13.0 Å². The summed E-state index contributed by atoms with van der Waals surface area (Å²) in [6.45, 7) is 2.46. The molecule has 104 valence electrons. The van der Waals surface area contributed by atoms with E-state index in [1.807, 2.05) is 56.4 Å². The van der Waals surface area contributed by atoms with Crippen molar-refractivity contribution < 1.29 is 4.79 Å². The molecule has 0 aromatic heterocycles. The van der Waals surface area contributed by atoms with Crippen molar-refractivity contribution in [2.24, 2.45) is 0 Å². The molecule has 2 aromatic carbocycles. The van der Waals surface area contributed by atoms with Gasteiger partial charge in [-0.25, -0.2) is 0 Å². The monoisotopic (exact) mass is 332 g/mol. The highest BCUT2D eigenvalue weighted by molar-refractivity contribution is 9.10. The molecule has 0 atom stereocenters. The van der Waals surface area contributed by atoms with Crippen LogP contribution in [-0.2, 0) is 6.54 Å². The lowest BCUT2D eigenvalue weighted by Gasteiger charge is -2.09. The van der Waals surface area contributed by atoms with E-state index in [4.69, 9.17) is 0 Å². The SMILES string of the molecule is CNc1ccc(C(=O)NCc2cccc(Br)c2)c(C)c1. The number of aryl methyl sites for hydroxylation is 1. The lowest BCUT2D eigenvalue weighted by Crippen LogP contribution is -2.23. The van der Waals surface area contributed by atoms with E-state index in [0.717, 1.165) is 21.3 Å². The zero-order valence-electron chi connectivity index (χ0n) is 11.5. The van der Waals surface area contributed by atoms with E-state index >= 15 is 0 Å². The van der Waals surface area contributed by atoms with Gasteiger partial charge >= 0.3 is 0 Å². The molecular formula is C16H17BrN2O. The first-order chi connectivity index (χ1) is 9.60. The number of amides is 1. The van der Waals surface area contributed by atoms with Crippen molar-refractivity contribution in [2.75, 3.05) is 12.4 Å². The molecule has 0 fully saturated rings. The minimum absolute atomic E-state index is 0.0508. The summed E-state index contributed by atoms with van der Waals surface area (Å²) in [6.07, 6.45) is 0. The average molecular weight is 333 g/mol. The van der Waals surface area contributed by atoms with Crippen LogP contribution in [0, 0.1) is 6.92 Å². The maximum absolute atomic E-state index is 12.2. The van der Waals surface area contributed by atoms with Crippen molar-refractivity contribution in [2.45, 2.75) is 13.5 Å². The Morgan fingerprint density at radius 3 is 2.65 bits per heavy atom. The largest absolute Gasteiger partial charge is 0.388 e. The Kier molecular flexibility index (Phi) is 4.79. The molecule has 3 nitrogen and oxygen atoms in total. The second-order valence-corrected chi connectivity index (χ2v) is 5.51. The van der Waals surface area contributed by atoms with Crippen molar-refractivity contribution in [3.63, 3.8) is 0 Å². The van der Waals surface area contributed by atoms with Crippen LogP contribution in [0.2, 0.25) is 0 Å². The van der Waals surface area contributed by atoms with E-state index < -0.39 is 0 Å². The molecule has 4 heteroatoms. The van der Waals surface area contributed by atoms with Gasteiger partial charge in [0.15, 0.2) is 0 Å². The molecular weight excluding hydrogens is 316 g/mol. The molecule has 0 aliphatic rings. The minimum Gasteiger partial charge on any atom is -0.388 e. The fraction of sp³-hybridized carbons (Fsp3) is 0.188. The van der Waals surface area contributed by atoms with E-state index in [9.17, 15) is 4.79 Å². The third-order valence-corrected chi connectivity index (χ3v) is 3.60. The van der Waals surface area contributed by atoms with Gasteiger partial charge in [-0.3, -0.25) is 4.79 Å². The molecule has 2 N–H and O–H groups in total. The first-order valence-corrected chi connectivity index (χ1v) is 7.20. The lowest BCUT2D eigenvalue weighted by molar-refractivity contribution is 0.0950. The van der Waals surface area contributed by atoms with E-state index in [1.54, 1.807) is 0 Å². The van der Waals surface area contributed by atoms with Crippen molar-refractivity contribution in [1.29, 1.82) is 0 Å². The quantitative estimate of drug-likeness (QED) is 0.895. The summed E-state index contributed by atoms with van der Waals surface area (Å²) in [4.78, 5) is 12.2. The number of rotatable bonds is 4. The number of hydrogen-bond acceptors (Lipinski definition) is 2. The van der Waals surface area contributed by atoms with Gasteiger partial charge in [-0.1, -0.05) is 28.1 Å². The van der Waals surface area contributed by atoms with Gasteiger partial charge in [-0.15, -0.1) is 0 Å². The predicted molar refractivity (Wildman–Crippen MR) is 86.0 cm³/mol. The fourth-order valence-electron chi connectivity index (χ4n) is 2.00. The second-order valence-electron chi connectivity index (χ2n) is 4.59. The van der Waals surface area contributed by atoms with E-state index in [2.05, 4.69) is 26.6 Å². The zero-order chi connectivity index (χ0) is 14.5. The summed E-state index contributed by atoms with van der Waals surface area (Å²) in [5.41, 5.74) is 3.74. The lowest BCUT2D eigenvalue weighted by atomic mass is 10.1. The molecule has 1 amide bonds. The topological polar surface area (TPSA) is 41.1 Å². The van der Waals surface area contributed by atoms with Gasteiger partial charge in [-0.05, 0) is 48.4 Å². The Morgan fingerprint density at radius 1 is 1.20 bits per heavy atom. The van der Waals surface area contributed by atoms with E-state index in [0.29, 0.717) is 12.1 Å². The summed E-state index contributed by atoms with van der Waals surface area (Å²) in [5.74, 6) is -0.0508. The third-order valence-electron chi connectivity index (χ3n) is 3.10. The van der Waals surface area contributed by atoms with Crippen LogP contribution in [0.25, 0.3) is 0 Å². The molecule has 0 saturated carbocycles. The van der Waals surface area contributed by atoms with Crippen LogP contribution in [0.5, 0.6) is 0 Å². The molecule has 2 aromatic rings. The van der Waals surface area contributed by atoms with Crippen LogP contribution in [0.1, 0.15) is 21.5 Å². The summed E-state index contributed by atoms with van der Waals surface area (Å²) in [6, 6.07) is 13.6. The van der Waals surface area contributed by atoms with Gasteiger partial charge in [0, 0.05) is 29.3 Å². The maximum Gasteiger partial charge on any atom is 0.251 e. The number of benzene rings is 2. The number of nitrogens with one attached hydrogen (secondary N) is 2. The number of hydrogen-bond donors (Lipinski definition) is 2. The van der Waals surface area contributed by atoms with Crippen LogP contribution in [0.4, 0.5) is 5.69 Å². The van der Waals surface area contributed by atoms with Crippen molar-refractivity contribution in [1.82, 2.24) is 5.32 Å². The summed E-state index contributed by atoms with van der Waals surface area (Å²) < 4.78 is 1.01. The predicted octanol–water partition coefficient (Wildman–Crippen LogP) is 3.73. The van der Waals surface area contributed by atoms with Gasteiger partial charge in [0.25, 0.3) is 5.91 Å². The molecule has 0 unspecified atom stereocenters. The summed E-state index contributed by atoms with van der Waals surface area (Å²) in [7, 11) is 1.86. The van der Waals surface area contributed by atoms with E-state index in [-0.39, 0.29) is 5.91 Å². The second kappa shape index (κ2) is 6.57. The van der Waals surface area contributed by atoms with Crippen LogP contribution in [0.3, 0.4) is 0 Å². The summed E-state index contributed by atoms with van der Waals surface area (Å²) >= 11 is 3.42. The van der Waals surface area contributed by atoms with Gasteiger partial charge in [0.05, 0.1) is 0 Å². The number of halogens is 1. The van der Waals surface area contributed by atoms with Crippen LogP contribution < -0.4 is 10.6 Å². The Labute approximate surface area is 127 Å². The smallest absolute Gasteiger partial charge is 0.251 e. The standard InChI is InChI=1S/C16H17BrN2O/c1-11-8-14(18-2)6-7-15(11)16(20)19-10-12-4-3-5-13(17)9-12/h3-9,18H,10H2,1-2H3,(H,19,20). The van der Waals surface area contributed by atoms with Crippen molar-refractivity contribution >= 4 is 27.5 Å². The Balaban J connectivity index is 2.05. The highest BCUT2D eigenvalue weighted by Crippen LogP contribution is 2.15. The Bertz CT molecular complexity index is 626. The number of carbonyl (C=O) groups is 1. The Morgan fingerprint density at radius 2 is 2.00 bits per heavy atom. The third kappa shape index (κ3) is 3.61. The van der Waals surface area contributed by atoms with Gasteiger partial charge in [0.2, 0.25) is 0 Å². The molecule has 0 aliphatic heterocycles. The van der Waals surface area contributed by atoms with Crippen LogP contribution >= 0.6 is 15.9 Å². The molecule has 0 saturated heterocycles. The number of anilines is 1. The summed E-state index contributed by atoms with van der Waals surface area (Å²) in [5, 5.41) is 6.00. The van der Waals surface area contributed by atoms with Gasteiger partial charge < -0.3 is 10.6 Å². The molecule has 20 heavy (non-hydrogen) atoms. The Hall–Kier alpha value is -1.81. The first-order valence-electron chi connectivity index (χ1n) is 6.41. The molecule has 0 bridgehead atoms. The normalized spacial score (nSPS) is 10.2. The maximum atomic E-state index is 12.2. The van der Waals surface area contributed by atoms with Crippen molar-refractivity contribution in [3.05, 3.63) is 63.6 Å². The highest BCUT2D eigenvalue weighted by Gasteiger charge is 2.09. The highest BCUT2D eigenvalue weighted by atomic mass is 79.9. The molecule has 0 radical (unpaired) electrons. The fourth-order valence-corrected chi connectivity index (χ4v) is 2.45. The van der Waals surface area contributed by atoms with Crippen molar-refractivity contribution in [3.8, 4) is 0 Å². The van der Waals surface area contributed by atoms with E-state index in [1.165, 1.54) is 0 Å². The molecule has 0 aliphatic carbocycles. The minimum atomic E-state index is -0.0508. The number of carbonyl (C=O) groups excluding carboxylic acids is 1. The first kappa shape index (κ1) is 14.6. The van der Waals surface area contributed by atoms with Crippen LogP contribution in [0.15, 0.2) is 46.9 Å². The molecule has 0 spiro atoms. The zero-order valence-corrected chi connectivity index (χ0v) is 13.1. The average Bonchev–Trinajstić information content (AvgIpc) is 2.44. The molecule has 0 heterocycles.